The first-order valence-electron chi connectivity index (χ1n) is 12.5. The number of ether oxygens (including phenoxy) is 3. The Morgan fingerprint density at radius 3 is 2.71 bits per heavy atom. The summed E-state index contributed by atoms with van der Waals surface area (Å²) in [5.41, 5.74) is 0. The molecule has 0 radical (unpaired) electrons. The van der Waals surface area contributed by atoms with Gasteiger partial charge in [-0.3, -0.25) is 0 Å². The van der Waals surface area contributed by atoms with Gasteiger partial charge in [0.25, 0.3) is 0 Å². The number of methoxy groups -OCH3 is 1. The minimum Gasteiger partial charge on any atom is -0.467 e. The summed E-state index contributed by atoms with van der Waals surface area (Å²) in [4.78, 5) is 12.0. The van der Waals surface area contributed by atoms with E-state index in [0.717, 1.165) is 38.5 Å². The molecule has 1 heterocycles. The molecule has 2 fully saturated rings. The van der Waals surface area contributed by atoms with Gasteiger partial charge < -0.3 is 14.2 Å². The zero-order chi connectivity index (χ0) is 22.3. The molecule has 5 heteroatoms. The number of esters is 1. The van der Waals surface area contributed by atoms with Gasteiger partial charge >= 0.3 is 5.97 Å². The van der Waals surface area contributed by atoms with Crippen LogP contribution < -0.4 is 0 Å². The van der Waals surface area contributed by atoms with Crippen molar-refractivity contribution in [3.05, 3.63) is 24.3 Å². The molecule has 1 saturated heterocycles. The summed E-state index contributed by atoms with van der Waals surface area (Å²) in [6.45, 7) is 2.90. The molecule has 178 valence electrons. The number of hydrogen-bond donors (Lipinski definition) is 0. The Bertz CT molecular complexity index is 542. The number of carbonyl (C=O) groups excluding carboxylic acids is 1. The number of unbranched alkanes of at least 4 members (excludes halogenated alkanes) is 4. The van der Waals surface area contributed by atoms with Gasteiger partial charge in [-0.25, -0.2) is 9.18 Å². The molecular formula is C26H43FO4. The molecule has 1 aliphatic heterocycles. The van der Waals surface area contributed by atoms with Crippen LogP contribution in [0.1, 0.15) is 90.4 Å². The van der Waals surface area contributed by atoms with E-state index in [1.54, 1.807) is 0 Å². The minimum atomic E-state index is -0.714. The Kier molecular flexibility index (Phi) is 13.1. The lowest BCUT2D eigenvalue weighted by molar-refractivity contribution is -0.203. The van der Waals surface area contributed by atoms with Crippen LogP contribution in [0, 0.1) is 11.8 Å². The van der Waals surface area contributed by atoms with Crippen LogP contribution in [0.5, 0.6) is 0 Å². The van der Waals surface area contributed by atoms with Crippen LogP contribution in [0.15, 0.2) is 24.3 Å². The molecular weight excluding hydrogens is 395 g/mol. The fraction of sp³-hybridized carbons (Fsp3) is 0.808. The molecule has 3 unspecified atom stereocenters. The number of hydrogen-bond acceptors (Lipinski definition) is 4. The summed E-state index contributed by atoms with van der Waals surface area (Å²) < 4.78 is 30.7. The van der Waals surface area contributed by atoms with E-state index in [-0.39, 0.29) is 18.2 Å². The standard InChI is InChI=1S/C26H43FO4/c1-3-4-5-6-7-9-14-21-18-19-23(27)22(21)15-10-8-11-16-24(26(28)29-2)31-25-17-12-13-20-30-25/h8-10,14,21-25H,3-7,11-13,15-20H2,1-2H3/t21-,22+,23?,24?,25?/m0/s1. The van der Waals surface area contributed by atoms with Crippen molar-refractivity contribution >= 4 is 5.97 Å². The van der Waals surface area contributed by atoms with Gasteiger partial charge in [-0.15, -0.1) is 0 Å². The molecule has 2 rings (SSSR count). The van der Waals surface area contributed by atoms with E-state index in [1.807, 2.05) is 0 Å². The lowest BCUT2D eigenvalue weighted by Gasteiger charge is -2.26. The second-order valence-corrected chi connectivity index (χ2v) is 8.93. The van der Waals surface area contributed by atoms with Crippen LogP contribution in [-0.2, 0) is 19.0 Å². The third-order valence-corrected chi connectivity index (χ3v) is 6.49. The van der Waals surface area contributed by atoms with Crippen LogP contribution in [0.25, 0.3) is 0 Å². The highest BCUT2D eigenvalue weighted by atomic mass is 19.1. The summed E-state index contributed by atoms with van der Waals surface area (Å²) in [5.74, 6) is 0.0678. The van der Waals surface area contributed by atoms with Gasteiger partial charge in [0.05, 0.1) is 7.11 Å². The molecule has 1 saturated carbocycles. The van der Waals surface area contributed by atoms with Gasteiger partial charge in [-0.2, -0.15) is 0 Å². The lowest BCUT2D eigenvalue weighted by atomic mass is 9.91. The predicted octanol–water partition coefficient (Wildman–Crippen LogP) is 6.69. The Morgan fingerprint density at radius 2 is 1.97 bits per heavy atom. The zero-order valence-corrected chi connectivity index (χ0v) is 19.6. The summed E-state index contributed by atoms with van der Waals surface area (Å²) >= 11 is 0. The van der Waals surface area contributed by atoms with Crippen molar-refractivity contribution in [1.82, 2.24) is 0 Å². The number of rotatable bonds is 14. The van der Waals surface area contributed by atoms with Crippen molar-refractivity contribution in [2.75, 3.05) is 13.7 Å². The molecule has 4 nitrogen and oxygen atoms in total. The number of allylic oxidation sites excluding steroid dienone is 4. The van der Waals surface area contributed by atoms with Gasteiger partial charge in [-0.05, 0) is 76.0 Å². The van der Waals surface area contributed by atoms with Crippen molar-refractivity contribution in [2.24, 2.45) is 11.8 Å². The maximum absolute atomic E-state index is 14.4. The molecule has 0 N–H and O–H groups in total. The van der Waals surface area contributed by atoms with Crippen LogP contribution in [0.3, 0.4) is 0 Å². The van der Waals surface area contributed by atoms with Crippen molar-refractivity contribution in [1.29, 1.82) is 0 Å². The molecule has 0 aromatic rings. The Hall–Kier alpha value is -1.20. The average Bonchev–Trinajstić information content (AvgIpc) is 3.14. The third kappa shape index (κ3) is 9.86. The number of carbonyl (C=O) groups is 1. The molecule has 0 aromatic carbocycles. The van der Waals surface area contributed by atoms with Gasteiger partial charge in [0.15, 0.2) is 12.4 Å². The first kappa shape index (κ1) is 26.1. The predicted molar refractivity (Wildman–Crippen MR) is 122 cm³/mol. The van der Waals surface area contributed by atoms with E-state index in [0.29, 0.717) is 31.8 Å². The van der Waals surface area contributed by atoms with Crippen LogP contribution >= 0.6 is 0 Å². The molecule has 0 bridgehead atoms. The van der Waals surface area contributed by atoms with E-state index < -0.39 is 12.3 Å². The summed E-state index contributed by atoms with van der Waals surface area (Å²) in [5, 5.41) is 0. The molecule has 0 amide bonds. The Labute approximate surface area is 188 Å². The second kappa shape index (κ2) is 15.6. The number of halogens is 1. The normalized spacial score (nSPS) is 27.8. The first-order chi connectivity index (χ1) is 15.2. The highest BCUT2D eigenvalue weighted by Crippen LogP contribution is 2.38. The SMILES string of the molecule is CCCCCCC=C[C@H]1CCC(F)[C@@H]1CC=CCCC(OC1CCCCO1)C(=O)OC. The van der Waals surface area contributed by atoms with E-state index in [2.05, 4.69) is 31.2 Å². The second-order valence-electron chi connectivity index (χ2n) is 8.93. The highest BCUT2D eigenvalue weighted by Gasteiger charge is 2.33. The number of alkyl halides is 1. The van der Waals surface area contributed by atoms with Crippen molar-refractivity contribution in [2.45, 2.75) is 109 Å². The maximum Gasteiger partial charge on any atom is 0.335 e. The van der Waals surface area contributed by atoms with Crippen molar-refractivity contribution in [3.63, 3.8) is 0 Å². The summed E-state index contributed by atoms with van der Waals surface area (Å²) in [6.07, 6.45) is 19.7. The molecule has 0 aromatic heterocycles. The fourth-order valence-corrected chi connectivity index (χ4v) is 4.56. The van der Waals surface area contributed by atoms with Gasteiger partial charge in [-0.1, -0.05) is 50.5 Å². The quantitative estimate of drug-likeness (QED) is 0.172. The maximum atomic E-state index is 14.4. The monoisotopic (exact) mass is 438 g/mol. The summed E-state index contributed by atoms with van der Waals surface area (Å²) in [7, 11) is 1.38. The van der Waals surface area contributed by atoms with Crippen LogP contribution in [-0.4, -0.2) is 38.3 Å². The van der Waals surface area contributed by atoms with Crippen LogP contribution in [0.4, 0.5) is 4.39 Å². The van der Waals surface area contributed by atoms with Crippen molar-refractivity contribution < 1.29 is 23.4 Å². The van der Waals surface area contributed by atoms with Gasteiger partial charge in [0.1, 0.15) is 6.17 Å². The van der Waals surface area contributed by atoms with Gasteiger partial charge in [0, 0.05) is 6.61 Å². The summed E-state index contributed by atoms with van der Waals surface area (Å²) in [6, 6.07) is 0. The largest absolute Gasteiger partial charge is 0.467 e. The Morgan fingerprint density at radius 1 is 1.10 bits per heavy atom. The molecule has 31 heavy (non-hydrogen) atoms. The van der Waals surface area contributed by atoms with Crippen molar-refractivity contribution in [3.8, 4) is 0 Å². The smallest absolute Gasteiger partial charge is 0.335 e. The van der Waals surface area contributed by atoms with Crippen LogP contribution in [0.2, 0.25) is 0 Å². The minimum absolute atomic E-state index is 0.0754. The van der Waals surface area contributed by atoms with E-state index in [4.69, 9.17) is 14.2 Å². The van der Waals surface area contributed by atoms with Gasteiger partial charge in [0.2, 0.25) is 0 Å². The zero-order valence-electron chi connectivity index (χ0n) is 19.6. The third-order valence-electron chi connectivity index (χ3n) is 6.49. The molecule has 1 aliphatic carbocycles. The topological polar surface area (TPSA) is 44.8 Å². The highest BCUT2D eigenvalue weighted by molar-refractivity contribution is 5.74. The average molecular weight is 439 g/mol. The van der Waals surface area contributed by atoms with E-state index in [1.165, 1.54) is 32.8 Å². The van der Waals surface area contributed by atoms with E-state index in [9.17, 15) is 9.18 Å². The van der Waals surface area contributed by atoms with E-state index >= 15 is 0 Å². The lowest BCUT2D eigenvalue weighted by Crippen LogP contribution is -2.33. The molecule has 0 spiro atoms. The fourth-order valence-electron chi connectivity index (χ4n) is 4.56. The molecule has 5 atom stereocenters. The first-order valence-corrected chi connectivity index (χ1v) is 12.5. The molecule has 2 aliphatic rings. The Balaban J connectivity index is 1.73.